The van der Waals surface area contributed by atoms with Gasteiger partial charge in [0.05, 0.1) is 11.8 Å². The molecule has 0 saturated carbocycles. The molecule has 0 spiro atoms. The lowest BCUT2D eigenvalue weighted by Crippen LogP contribution is -2.37. The Morgan fingerprint density at radius 2 is 1.59 bits per heavy atom. The molecule has 6 nitrogen and oxygen atoms in total. The summed E-state index contributed by atoms with van der Waals surface area (Å²) in [6.45, 7) is 2.08. The molecule has 4 N–H and O–H groups in total. The fourth-order valence-electron chi connectivity index (χ4n) is 2.43. The second-order valence-corrected chi connectivity index (χ2v) is 8.63. The van der Waals surface area contributed by atoms with Crippen molar-refractivity contribution in [2.75, 3.05) is 22.6 Å². The zero-order valence-electron chi connectivity index (χ0n) is 15.4. The van der Waals surface area contributed by atoms with Crippen molar-refractivity contribution in [1.82, 2.24) is 0 Å². The minimum absolute atomic E-state index is 0. The maximum atomic E-state index is 12.0. The zero-order chi connectivity index (χ0) is 19.2. The number of hydrogen-bond donors (Lipinski definition) is 3. The molecule has 0 heterocycles. The van der Waals surface area contributed by atoms with Gasteiger partial charge in [-0.25, -0.2) is 8.42 Å². The Kier molecular flexibility index (Phi) is 8.75. The van der Waals surface area contributed by atoms with Crippen LogP contribution in [0.15, 0.2) is 54.6 Å². The largest absolute Gasteiger partial charge is 0.379 e. The van der Waals surface area contributed by atoms with E-state index in [-0.39, 0.29) is 30.6 Å². The van der Waals surface area contributed by atoms with Gasteiger partial charge < -0.3 is 16.4 Å². The lowest BCUT2D eigenvalue weighted by atomic mass is 10.1. The molecule has 27 heavy (non-hydrogen) atoms. The van der Waals surface area contributed by atoms with Crippen LogP contribution in [0.5, 0.6) is 0 Å². The molecule has 2 aromatic carbocycles. The highest BCUT2D eigenvalue weighted by Crippen LogP contribution is 2.20. The third-order valence-corrected chi connectivity index (χ3v) is 4.95. The molecule has 2 rings (SSSR count). The fraction of sp³-hybridized carbons (Fsp3) is 0.316. The molecule has 0 aromatic heterocycles. The van der Waals surface area contributed by atoms with Crippen molar-refractivity contribution in [3.8, 4) is 0 Å². The Morgan fingerprint density at radius 1 is 1.04 bits per heavy atom. The first-order chi connectivity index (χ1) is 12.2. The number of anilines is 2. The van der Waals surface area contributed by atoms with E-state index in [1.165, 1.54) is 5.56 Å². The van der Waals surface area contributed by atoms with Crippen molar-refractivity contribution in [2.24, 2.45) is 5.73 Å². The first-order valence-electron chi connectivity index (χ1n) is 8.40. The van der Waals surface area contributed by atoms with E-state index in [1.807, 2.05) is 30.3 Å². The zero-order valence-corrected chi connectivity index (χ0v) is 17.0. The average Bonchev–Trinajstić information content (AvgIpc) is 2.61. The molecule has 0 bridgehead atoms. The van der Waals surface area contributed by atoms with E-state index >= 15 is 0 Å². The number of benzene rings is 2. The van der Waals surface area contributed by atoms with Gasteiger partial charge in [-0.1, -0.05) is 30.3 Å². The average molecular weight is 412 g/mol. The second kappa shape index (κ2) is 10.3. The summed E-state index contributed by atoms with van der Waals surface area (Å²) >= 11 is 0. The highest BCUT2D eigenvalue weighted by Gasteiger charge is 2.16. The van der Waals surface area contributed by atoms with Crippen LogP contribution < -0.4 is 16.4 Å². The van der Waals surface area contributed by atoms with E-state index in [0.717, 1.165) is 11.9 Å². The van der Waals surface area contributed by atoms with Crippen molar-refractivity contribution in [2.45, 2.75) is 25.4 Å². The van der Waals surface area contributed by atoms with Crippen molar-refractivity contribution in [1.29, 1.82) is 0 Å². The smallest absolute Gasteiger partial charge is 0.241 e. The summed E-state index contributed by atoms with van der Waals surface area (Å²) in [5, 5.41) is 6.10. The third kappa shape index (κ3) is 7.99. The number of hydrogen-bond acceptors (Lipinski definition) is 5. The number of sulfone groups is 1. The Balaban J connectivity index is 0.00000364. The fourth-order valence-corrected chi connectivity index (χ4v) is 3.11. The van der Waals surface area contributed by atoms with E-state index in [9.17, 15) is 13.2 Å². The molecule has 1 amide bonds. The minimum Gasteiger partial charge on any atom is -0.379 e. The van der Waals surface area contributed by atoms with Crippen molar-refractivity contribution < 1.29 is 13.2 Å². The summed E-state index contributed by atoms with van der Waals surface area (Å²) in [7, 11) is -3.13. The van der Waals surface area contributed by atoms with Crippen LogP contribution in [0.3, 0.4) is 0 Å². The molecule has 8 heteroatoms. The highest BCUT2D eigenvalue weighted by atomic mass is 35.5. The number of rotatable bonds is 8. The van der Waals surface area contributed by atoms with Crippen molar-refractivity contribution >= 4 is 39.5 Å². The monoisotopic (exact) mass is 411 g/mol. The van der Waals surface area contributed by atoms with Gasteiger partial charge in [0.1, 0.15) is 9.84 Å². The number of amides is 1. The topological polar surface area (TPSA) is 101 Å². The van der Waals surface area contributed by atoms with Crippen LogP contribution >= 0.6 is 12.4 Å². The molecule has 2 atom stereocenters. The molecule has 2 aromatic rings. The molecule has 2 unspecified atom stereocenters. The van der Waals surface area contributed by atoms with Crippen LogP contribution in [0.25, 0.3) is 0 Å². The molecule has 148 valence electrons. The third-order valence-electron chi connectivity index (χ3n) is 3.97. The van der Waals surface area contributed by atoms with Crippen LogP contribution in [-0.2, 0) is 14.6 Å². The molecule has 0 aliphatic carbocycles. The van der Waals surface area contributed by atoms with Crippen LogP contribution in [0.4, 0.5) is 11.4 Å². The number of nitrogens with one attached hydrogen (secondary N) is 2. The molecule has 0 fully saturated rings. The lowest BCUT2D eigenvalue weighted by Gasteiger charge is -2.16. The van der Waals surface area contributed by atoms with Gasteiger partial charge in [0.2, 0.25) is 5.91 Å². The summed E-state index contributed by atoms with van der Waals surface area (Å²) in [5.41, 5.74) is 8.47. The van der Waals surface area contributed by atoms with E-state index in [2.05, 4.69) is 29.7 Å². The summed E-state index contributed by atoms with van der Waals surface area (Å²) in [5.74, 6) is -0.506. The van der Waals surface area contributed by atoms with Crippen LogP contribution in [0, 0.1) is 0 Å². The van der Waals surface area contributed by atoms with Crippen LogP contribution in [-0.4, -0.2) is 32.4 Å². The lowest BCUT2D eigenvalue weighted by molar-refractivity contribution is -0.117. The summed E-state index contributed by atoms with van der Waals surface area (Å²) in [6.07, 6.45) is 1.22. The van der Waals surface area contributed by atoms with Gasteiger partial charge in [-0.2, -0.15) is 0 Å². The summed E-state index contributed by atoms with van der Waals surface area (Å²) in [6, 6.07) is 16.7. The predicted molar refractivity (Wildman–Crippen MR) is 113 cm³/mol. The maximum absolute atomic E-state index is 12.0. The molecular formula is C19H26ClN3O3S. The molecule has 0 radical (unpaired) electrons. The number of carbonyl (C=O) groups is 1. The predicted octanol–water partition coefficient (Wildman–Crippen LogP) is 2.98. The van der Waals surface area contributed by atoms with E-state index in [1.54, 1.807) is 12.1 Å². The van der Waals surface area contributed by atoms with Gasteiger partial charge in [-0.05, 0) is 43.2 Å². The van der Waals surface area contributed by atoms with Crippen LogP contribution in [0.2, 0.25) is 0 Å². The van der Waals surface area contributed by atoms with Gasteiger partial charge >= 0.3 is 0 Å². The van der Waals surface area contributed by atoms with Crippen molar-refractivity contribution in [3.63, 3.8) is 0 Å². The Hall–Kier alpha value is -2.09. The summed E-state index contributed by atoms with van der Waals surface area (Å²) in [4.78, 5) is 12.0. The molecular weight excluding hydrogens is 386 g/mol. The van der Waals surface area contributed by atoms with Crippen molar-refractivity contribution in [3.05, 3.63) is 60.2 Å². The number of nitrogens with two attached hydrogens (primary N) is 1. The van der Waals surface area contributed by atoms with Crippen LogP contribution in [0.1, 0.15) is 24.9 Å². The number of carbonyl (C=O) groups excluding carboxylic acids is 1. The van der Waals surface area contributed by atoms with Gasteiger partial charge in [0.15, 0.2) is 0 Å². The normalized spacial score (nSPS) is 13.1. The first-order valence-corrected chi connectivity index (χ1v) is 10.5. The molecule has 0 aliphatic heterocycles. The van der Waals surface area contributed by atoms with E-state index in [4.69, 9.17) is 5.73 Å². The molecule has 0 aliphatic rings. The van der Waals surface area contributed by atoms with Gasteiger partial charge in [0, 0.05) is 23.7 Å². The standard InChI is InChI=1S/C19H25N3O3S.ClH/c1-14(15-6-4-3-5-7-15)21-16-8-10-17(11-9-16)22-19(23)18(20)12-13-26(2,24)25;/h3-11,14,18,21H,12-13,20H2,1-2H3,(H,22,23);1H. The van der Waals surface area contributed by atoms with Gasteiger partial charge in [-0.3, -0.25) is 4.79 Å². The Labute approximate surface area is 166 Å². The second-order valence-electron chi connectivity index (χ2n) is 6.37. The van der Waals surface area contributed by atoms with Gasteiger partial charge in [-0.15, -0.1) is 12.4 Å². The van der Waals surface area contributed by atoms with Gasteiger partial charge in [0.25, 0.3) is 0 Å². The Morgan fingerprint density at radius 3 is 2.15 bits per heavy atom. The Bertz CT molecular complexity index is 827. The molecule has 0 saturated heterocycles. The first kappa shape index (κ1) is 23.0. The SMILES string of the molecule is CC(Nc1ccc(NC(=O)C(N)CCS(C)(=O)=O)cc1)c1ccccc1.Cl. The minimum atomic E-state index is -3.13. The summed E-state index contributed by atoms with van der Waals surface area (Å²) < 4.78 is 22.3. The van der Waals surface area contributed by atoms with E-state index in [0.29, 0.717) is 5.69 Å². The number of halogens is 1. The van der Waals surface area contributed by atoms with E-state index < -0.39 is 21.8 Å². The quantitative estimate of drug-likeness (QED) is 0.619. The highest BCUT2D eigenvalue weighted by molar-refractivity contribution is 7.90. The maximum Gasteiger partial charge on any atom is 0.241 e.